The highest BCUT2D eigenvalue weighted by atomic mass is 16.5. The average molecular weight is 479 g/mol. The summed E-state index contributed by atoms with van der Waals surface area (Å²) >= 11 is 0. The van der Waals surface area contributed by atoms with Gasteiger partial charge in [-0.2, -0.15) is 0 Å². The van der Waals surface area contributed by atoms with Crippen LogP contribution in [0, 0.1) is 0 Å². The fourth-order valence-corrected chi connectivity index (χ4v) is 2.85. The molecule has 1 aromatic rings. The van der Waals surface area contributed by atoms with Crippen LogP contribution in [-0.4, -0.2) is 50.3 Å². The summed E-state index contributed by atoms with van der Waals surface area (Å²) in [4.78, 5) is 51.4. The largest absolute Gasteiger partial charge is 0.462 e. The minimum Gasteiger partial charge on any atom is -0.462 e. The molecule has 0 saturated heterocycles. The molecule has 0 atom stereocenters. The summed E-state index contributed by atoms with van der Waals surface area (Å²) in [5.41, 5.74) is -0.731. The molecule has 0 aliphatic heterocycles. The van der Waals surface area contributed by atoms with Crippen molar-refractivity contribution in [2.24, 2.45) is 0 Å². The van der Waals surface area contributed by atoms with Crippen LogP contribution in [-0.2, 0) is 18.9 Å². The molecule has 8 nitrogen and oxygen atoms in total. The van der Waals surface area contributed by atoms with E-state index in [1.807, 2.05) is 27.7 Å². The van der Waals surface area contributed by atoms with Crippen LogP contribution in [0.3, 0.4) is 0 Å². The van der Waals surface area contributed by atoms with Gasteiger partial charge in [0.2, 0.25) is 0 Å². The first-order valence-electron chi connectivity index (χ1n) is 12.3. The van der Waals surface area contributed by atoms with Gasteiger partial charge in [-0.25, -0.2) is 19.2 Å². The Morgan fingerprint density at radius 1 is 0.529 bits per heavy atom. The Hall–Kier alpha value is -2.90. The van der Waals surface area contributed by atoms with Crippen molar-refractivity contribution in [1.29, 1.82) is 0 Å². The van der Waals surface area contributed by atoms with Gasteiger partial charge in [-0.3, -0.25) is 0 Å². The third-order valence-corrected chi connectivity index (χ3v) is 4.94. The smallest absolute Gasteiger partial charge is 0.339 e. The summed E-state index contributed by atoms with van der Waals surface area (Å²) in [6, 6.07) is 2.45. The van der Waals surface area contributed by atoms with Crippen molar-refractivity contribution in [2.45, 2.75) is 79.1 Å². The fraction of sp³-hybridized carbons (Fsp3) is 0.615. The highest BCUT2D eigenvalue weighted by Gasteiger charge is 2.30. The van der Waals surface area contributed by atoms with E-state index < -0.39 is 23.9 Å². The molecule has 1 aromatic carbocycles. The van der Waals surface area contributed by atoms with Gasteiger partial charge in [-0.15, -0.1) is 0 Å². The Kier molecular flexibility index (Phi) is 14.3. The fourth-order valence-electron chi connectivity index (χ4n) is 2.85. The second-order valence-electron chi connectivity index (χ2n) is 7.90. The first-order chi connectivity index (χ1) is 16.4. The van der Waals surface area contributed by atoms with Gasteiger partial charge in [-0.05, 0) is 37.8 Å². The van der Waals surface area contributed by atoms with E-state index in [1.54, 1.807) is 0 Å². The zero-order chi connectivity index (χ0) is 25.3. The molecular weight excluding hydrogens is 440 g/mol. The van der Waals surface area contributed by atoms with E-state index >= 15 is 0 Å². The van der Waals surface area contributed by atoms with Gasteiger partial charge >= 0.3 is 23.9 Å². The summed E-state index contributed by atoms with van der Waals surface area (Å²) in [7, 11) is 0. The van der Waals surface area contributed by atoms with Crippen molar-refractivity contribution >= 4 is 23.9 Å². The van der Waals surface area contributed by atoms with Gasteiger partial charge in [0.25, 0.3) is 0 Å². The zero-order valence-corrected chi connectivity index (χ0v) is 20.9. The molecule has 0 amide bonds. The van der Waals surface area contributed by atoms with Gasteiger partial charge in [0.1, 0.15) is 0 Å². The number of rotatable bonds is 16. The lowest BCUT2D eigenvalue weighted by Crippen LogP contribution is -2.22. The van der Waals surface area contributed by atoms with Gasteiger partial charge in [0, 0.05) is 0 Å². The molecule has 0 fully saturated rings. The SMILES string of the molecule is CCCCOC(=O)c1cc(C(=O)OCCCC)c(C(=O)OCCCC)c(C(=O)OCCCC)c1. The number of hydrogen-bond donors (Lipinski definition) is 0. The molecule has 0 spiro atoms. The van der Waals surface area contributed by atoms with E-state index in [4.69, 9.17) is 18.9 Å². The Bertz CT molecular complexity index is 772. The second-order valence-corrected chi connectivity index (χ2v) is 7.90. The molecule has 0 bridgehead atoms. The lowest BCUT2D eigenvalue weighted by Gasteiger charge is -2.15. The van der Waals surface area contributed by atoms with Crippen molar-refractivity contribution in [3.63, 3.8) is 0 Å². The lowest BCUT2D eigenvalue weighted by molar-refractivity contribution is 0.0430. The maximum atomic E-state index is 13.0. The molecule has 0 radical (unpaired) electrons. The number of unbranched alkanes of at least 4 members (excludes halogenated alkanes) is 4. The van der Waals surface area contributed by atoms with Gasteiger partial charge in [0.05, 0.1) is 48.7 Å². The molecule has 0 N–H and O–H groups in total. The van der Waals surface area contributed by atoms with Gasteiger partial charge in [0.15, 0.2) is 0 Å². The Labute approximate surface area is 202 Å². The van der Waals surface area contributed by atoms with Crippen molar-refractivity contribution in [1.82, 2.24) is 0 Å². The predicted octanol–water partition coefficient (Wildman–Crippen LogP) is 5.51. The Balaban J connectivity index is 3.50. The summed E-state index contributed by atoms with van der Waals surface area (Å²) in [5.74, 6) is -3.18. The van der Waals surface area contributed by atoms with E-state index in [1.165, 1.54) is 12.1 Å². The molecule has 190 valence electrons. The van der Waals surface area contributed by atoms with E-state index in [2.05, 4.69) is 0 Å². The maximum absolute atomic E-state index is 13.0. The molecule has 1 rings (SSSR count). The van der Waals surface area contributed by atoms with E-state index in [0.717, 1.165) is 25.7 Å². The molecule has 0 aliphatic rings. The summed E-state index contributed by atoms with van der Waals surface area (Å²) in [6.07, 6.45) is 5.80. The van der Waals surface area contributed by atoms with Gasteiger partial charge in [-0.1, -0.05) is 53.4 Å². The van der Waals surface area contributed by atoms with Crippen LogP contribution >= 0.6 is 0 Å². The molecule has 0 saturated carbocycles. The topological polar surface area (TPSA) is 105 Å². The number of benzene rings is 1. The molecule has 34 heavy (non-hydrogen) atoms. The molecule has 0 heterocycles. The van der Waals surface area contributed by atoms with Gasteiger partial charge < -0.3 is 18.9 Å². The van der Waals surface area contributed by atoms with Crippen molar-refractivity contribution in [3.8, 4) is 0 Å². The highest BCUT2D eigenvalue weighted by Crippen LogP contribution is 2.23. The monoisotopic (exact) mass is 478 g/mol. The van der Waals surface area contributed by atoms with Crippen LogP contribution in [0.1, 0.15) is 120 Å². The van der Waals surface area contributed by atoms with Crippen LogP contribution in [0.25, 0.3) is 0 Å². The van der Waals surface area contributed by atoms with Crippen molar-refractivity contribution in [2.75, 3.05) is 26.4 Å². The number of carbonyl (C=O) groups excluding carboxylic acids is 4. The molecule has 8 heteroatoms. The molecule has 0 aliphatic carbocycles. The normalized spacial score (nSPS) is 10.5. The Morgan fingerprint density at radius 2 is 0.853 bits per heavy atom. The number of carbonyl (C=O) groups is 4. The predicted molar refractivity (Wildman–Crippen MR) is 127 cm³/mol. The van der Waals surface area contributed by atoms with Crippen LogP contribution in [0.2, 0.25) is 0 Å². The summed E-state index contributed by atoms with van der Waals surface area (Å²) in [6.45, 7) is 8.40. The lowest BCUT2D eigenvalue weighted by atomic mass is 9.97. The molecular formula is C26H38O8. The first kappa shape index (κ1) is 29.1. The van der Waals surface area contributed by atoms with Crippen molar-refractivity contribution in [3.05, 3.63) is 34.4 Å². The second kappa shape index (κ2) is 16.7. The van der Waals surface area contributed by atoms with E-state index in [0.29, 0.717) is 25.7 Å². The molecule has 0 aromatic heterocycles. The van der Waals surface area contributed by atoms with Crippen LogP contribution in [0.15, 0.2) is 12.1 Å². The van der Waals surface area contributed by atoms with Crippen LogP contribution in [0.5, 0.6) is 0 Å². The average Bonchev–Trinajstić information content (AvgIpc) is 2.83. The third kappa shape index (κ3) is 9.53. The van der Waals surface area contributed by atoms with E-state index in [-0.39, 0.29) is 48.7 Å². The van der Waals surface area contributed by atoms with Crippen molar-refractivity contribution < 1.29 is 38.1 Å². The summed E-state index contributed by atoms with van der Waals surface area (Å²) in [5, 5.41) is 0. The first-order valence-corrected chi connectivity index (χ1v) is 12.3. The van der Waals surface area contributed by atoms with Crippen LogP contribution < -0.4 is 0 Å². The minimum atomic E-state index is -0.843. The van der Waals surface area contributed by atoms with Crippen LogP contribution in [0.4, 0.5) is 0 Å². The third-order valence-electron chi connectivity index (χ3n) is 4.94. The van der Waals surface area contributed by atoms with E-state index in [9.17, 15) is 19.2 Å². The summed E-state index contributed by atoms with van der Waals surface area (Å²) < 4.78 is 21.2. The number of hydrogen-bond acceptors (Lipinski definition) is 8. The maximum Gasteiger partial charge on any atom is 0.339 e. The molecule has 0 unspecified atom stereocenters. The standard InChI is InChI=1S/C26H38O8/c1-5-9-13-31-23(27)19-17-20(24(28)32-14-10-6-2)22(26(30)34-16-12-8-4)21(18-19)25(29)33-15-11-7-3/h17-18H,5-16H2,1-4H3. The number of ether oxygens (including phenoxy) is 4. The zero-order valence-electron chi connectivity index (χ0n) is 20.9. The number of esters is 4. The quantitative estimate of drug-likeness (QED) is 0.174. The Morgan fingerprint density at radius 3 is 1.21 bits per heavy atom. The minimum absolute atomic E-state index is 0.0360. The highest BCUT2D eigenvalue weighted by molar-refractivity contribution is 6.12.